The molecule has 4 nitrogen and oxygen atoms in total. The normalized spacial score (nSPS) is 9.91. The molecule has 0 fully saturated rings. The highest BCUT2D eigenvalue weighted by atomic mass is 35.5. The van der Waals surface area contributed by atoms with E-state index in [2.05, 4.69) is 15.6 Å². The van der Waals surface area contributed by atoms with Crippen LogP contribution in [0.4, 0.5) is 0 Å². The van der Waals surface area contributed by atoms with Gasteiger partial charge >= 0.3 is 7.82 Å². The Morgan fingerprint density at radius 1 is 1.45 bits per heavy atom. The Labute approximate surface area is 75.3 Å². The number of hydrogen-bond donors (Lipinski definition) is 1. The molecule has 0 bridgehead atoms. The minimum absolute atomic E-state index is 0.111. The van der Waals surface area contributed by atoms with Crippen LogP contribution in [0.1, 0.15) is 0 Å². The van der Waals surface area contributed by atoms with Gasteiger partial charge in [0.15, 0.2) is 0 Å². The van der Waals surface area contributed by atoms with Crippen molar-refractivity contribution in [2.45, 2.75) is 0 Å². The van der Waals surface area contributed by atoms with Gasteiger partial charge < -0.3 is 4.89 Å². The van der Waals surface area contributed by atoms with E-state index in [4.69, 9.17) is 28.1 Å². The molecule has 11 heavy (non-hydrogen) atoms. The first-order valence-corrected chi connectivity index (χ1v) is 4.55. The van der Waals surface area contributed by atoms with Crippen LogP contribution in [0.15, 0.2) is 11.1 Å². The van der Waals surface area contributed by atoms with Gasteiger partial charge in [-0.25, -0.2) is 4.57 Å². The predicted molar refractivity (Wildman–Crippen MR) is 44.7 cm³/mol. The van der Waals surface area contributed by atoms with Crippen LogP contribution in [-0.2, 0) is 13.6 Å². The summed E-state index contributed by atoms with van der Waals surface area (Å²) in [6.07, 6.45) is 0. The SMILES string of the molecule is C=C(Cl)Cl.COP(=O)(O)OC. The van der Waals surface area contributed by atoms with Crippen molar-refractivity contribution < 1.29 is 18.5 Å². The fourth-order valence-corrected chi connectivity index (χ4v) is 0.224. The van der Waals surface area contributed by atoms with E-state index in [0.29, 0.717) is 0 Å². The molecule has 0 heterocycles. The summed E-state index contributed by atoms with van der Waals surface area (Å²) in [5.74, 6) is 0. The maximum atomic E-state index is 10.1. The smallest absolute Gasteiger partial charge is 0.303 e. The fourth-order valence-electron chi connectivity index (χ4n) is 0.0745. The lowest BCUT2D eigenvalue weighted by molar-refractivity contribution is 0.204. The Bertz CT molecular complexity index is 148. The minimum Gasteiger partial charge on any atom is -0.303 e. The summed E-state index contributed by atoms with van der Waals surface area (Å²) in [7, 11) is -1.45. The first kappa shape index (κ1) is 14.0. The lowest BCUT2D eigenvalue weighted by atomic mass is 11.3. The zero-order valence-corrected chi connectivity index (χ0v) is 8.49. The molecule has 0 atom stereocenters. The van der Waals surface area contributed by atoms with E-state index in [0.717, 1.165) is 14.2 Å². The average molecular weight is 223 g/mol. The molecule has 0 aromatic rings. The molecule has 68 valence electrons. The van der Waals surface area contributed by atoms with Crippen LogP contribution in [0, 0.1) is 0 Å². The molecule has 0 aliphatic heterocycles. The van der Waals surface area contributed by atoms with Crippen LogP contribution in [0.25, 0.3) is 0 Å². The van der Waals surface area contributed by atoms with Crippen LogP contribution in [0.5, 0.6) is 0 Å². The van der Waals surface area contributed by atoms with Gasteiger partial charge in [0.05, 0.1) is 4.49 Å². The number of rotatable bonds is 2. The highest BCUT2D eigenvalue weighted by Crippen LogP contribution is 2.40. The first-order valence-electron chi connectivity index (χ1n) is 2.30. The summed E-state index contributed by atoms with van der Waals surface area (Å²) < 4.78 is 18.1. The maximum absolute atomic E-state index is 10.1. The van der Waals surface area contributed by atoms with E-state index in [-0.39, 0.29) is 4.49 Å². The monoisotopic (exact) mass is 222 g/mol. The van der Waals surface area contributed by atoms with Gasteiger partial charge in [-0.05, 0) is 0 Å². The molecule has 0 aromatic heterocycles. The number of halogens is 2. The first-order chi connectivity index (χ1) is 4.85. The van der Waals surface area contributed by atoms with Crippen molar-refractivity contribution >= 4 is 31.0 Å². The largest absolute Gasteiger partial charge is 0.471 e. The third-order valence-corrected chi connectivity index (χ3v) is 1.38. The van der Waals surface area contributed by atoms with Crippen molar-refractivity contribution in [2.75, 3.05) is 14.2 Å². The predicted octanol–water partition coefficient (Wildman–Crippen LogP) is 2.31. The molecule has 0 amide bonds. The van der Waals surface area contributed by atoms with Gasteiger partial charge in [-0.1, -0.05) is 29.8 Å². The molecule has 7 heteroatoms. The Balaban J connectivity index is 0. The lowest BCUT2D eigenvalue weighted by Gasteiger charge is -2.01. The molecule has 0 rings (SSSR count). The van der Waals surface area contributed by atoms with Gasteiger partial charge in [-0.3, -0.25) is 9.05 Å². The second-order valence-electron chi connectivity index (χ2n) is 1.17. The van der Waals surface area contributed by atoms with E-state index in [1.807, 2.05) is 0 Å². The summed E-state index contributed by atoms with van der Waals surface area (Å²) >= 11 is 9.69. The highest BCUT2D eigenvalue weighted by molar-refractivity contribution is 7.47. The summed E-state index contributed by atoms with van der Waals surface area (Å²) in [6, 6.07) is 0. The quantitative estimate of drug-likeness (QED) is 0.729. The van der Waals surface area contributed by atoms with E-state index >= 15 is 0 Å². The second-order valence-corrected chi connectivity index (χ2v) is 3.95. The van der Waals surface area contributed by atoms with E-state index in [1.165, 1.54) is 0 Å². The Morgan fingerprint density at radius 2 is 1.64 bits per heavy atom. The van der Waals surface area contributed by atoms with Crippen molar-refractivity contribution in [3.05, 3.63) is 11.1 Å². The Morgan fingerprint density at radius 3 is 1.64 bits per heavy atom. The molecule has 0 spiro atoms. The Hall–Kier alpha value is 0.430. The van der Waals surface area contributed by atoms with Gasteiger partial charge in [0, 0.05) is 14.2 Å². The van der Waals surface area contributed by atoms with Gasteiger partial charge in [-0.15, -0.1) is 0 Å². The summed E-state index contributed by atoms with van der Waals surface area (Å²) in [5.41, 5.74) is 0. The molecule has 0 saturated heterocycles. The summed E-state index contributed by atoms with van der Waals surface area (Å²) in [5, 5.41) is 0. The zero-order chi connectivity index (χ0) is 9.49. The van der Waals surface area contributed by atoms with Crippen LogP contribution in [0.2, 0.25) is 0 Å². The molecule has 0 radical (unpaired) electrons. The molecule has 0 saturated carbocycles. The highest BCUT2D eigenvalue weighted by Gasteiger charge is 2.13. The van der Waals surface area contributed by atoms with Gasteiger partial charge in [0.1, 0.15) is 0 Å². The molecule has 0 aromatic carbocycles. The third-order valence-electron chi connectivity index (χ3n) is 0.461. The van der Waals surface area contributed by atoms with Gasteiger partial charge in [-0.2, -0.15) is 0 Å². The topological polar surface area (TPSA) is 55.8 Å². The van der Waals surface area contributed by atoms with Crippen molar-refractivity contribution in [3.63, 3.8) is 0 Å². The van der Waals surface area contributed by atoms with Crippen molar-refractivity contribution in [2.24, 2.45) is 0 Å². The van der Waals surface area contributed by atoms with Crippen LogP contribution in [-0.4, -0.2) is 19.1 Å². The number of phosphoric acid groups is 1. The summed E-state index contributed by atoms with van der Waals surface area (Å²) in [6.45, 7) is 3.09. The molecule has 0 unspecified atom stereocenters. The Kier molecular flexibility index (Phi) is 9.02. The zero-order valence-electron chi connectivity index (χ0n) is 6.08. The van der Waals surface area contributed by atoms with Crippen LogP contribution >= 0.6 is 31.0 Å². The van der Waals surface area contributed by atoms with Crippen LogP contribution in [0.3, 0.4) is 0 Å². The average Bonchev–Trinajstić information content (AvgIpc) is 1.87. The maximum Gasteiger partial charge on any atom is 0.471 e. The van der Waals surface area contributed by atoms with E-state index < -0.39 is 7.82 Å². The molecular weight excluding hydrogens is 214 g/mol. The van der Waals surface area contributed by atoms with Gasteiger partial charge in [0.2, 0.25) is 0 Å². The summed E-state index contributed by atoms with van der Waals surface area (Å²) in [4.78, 5) is 8.24. The van der Waals surface area contributed by atoms with Crippen molar-refractivity contribution in [1.29, 1.82) is 0 Å². The van der Waals surface area contributed by atoms with Crippen LogP contribution < -0.4 is 0 Å². The molecule has 0 aliphatic rings. The standard InChI is InChI=1S/C2H2Cl2.C2H7O4P/c1-2(3)4;1-5-7(3,4)6-2/h1H2;1-2H3,(H,3,4). The number of phosphoric ester groups is 1. The third kappa shape index (κ3) is 17.9. The van der Waals surface area contributed by atoms with Gasteiger partial charge in [0.25, 0.3) is 0 Å². The fraction of sp³-hybridized carbons (Fsp3) is 0.500. The second kappa shape index (κ2) is 7.10. The van der Waals surface area contributed by atoms with E-state index in [1.54, 1.807) is 0 Å². The molecular formula is C4H9Cl2O4P. The molecule has 0 aliphatic carbocycles. The molecule has 1 N–H and O–H groups in total. The van der Waals surface area contributed by atoms with Crippen molar-refractivity contribution in [1.82, 2.24) is 0 Å². The van der Waals surface area contributed by atoms with E-state index in [9.17, 15) is 4.57 Å². The van der Waals surface area contributed by atoms with Crippen molar-refractivity contribution in [3.8, 4) is 0 Å². The number of hydrogen-bond acceptors (Lipinski definition) is 3. The minimum atomic E-state index is -3.65. The lowest BCUT2D eigenvalue weighted by Crippen LogP contribution is -1.83.